The van der Waals surface area contributed by atoms with Gasteiger partial charge in [0.2, 0.25) is 0 Å². The van der Waals surface area contributed by atoms with E-state index in [0.717, 1.165) is 0 Å². The number of esters is 1. The molecule has 0 saturated carbocycles. The molecule has 0 aliphatic heterocycles. The Hall–Kier alpha value is -3.80. The van der Waals surface area contributed by atoms with Crippen molar-refractivity contribution in [1.29, 1.82) is 0 Å². The molecule has 148 valence electrons. The van der Waals surface area contributed by atoms with Crippen LogP contribution >= 0.6 is 0 Å². The molecule has 0 aliphatic carbocycles. The molecule has 0 atom stereocenters. The Labute approximate surface area is 169 Å². The van der Waals surface area contributed by atoms with E-state index in [0.29, 0.717) is 22.9 Å². The van der Waals surface area contributed by atoms with Crippen LogP contribution in [-0.4, -0.2) is 25.1 Å². The Kier molecular flexibility index (Phi) is 7.23. The Morgan fingerprint density at radius 1 is 0.759 bits per heavy atom. The molecular formula is C23H21NO5. The number of hydrogen-bond acceptors (Lipinski definition) is 5. The molecule has 6 heteroatoms. The van der Waals surface area contributed by atoms with Gasteiger partial charge in [-0.25, -0.2) is 0 Å². The zero-order chi connectivity index (χ0) is 20.3. The third kappa shape index (κ3) is 7.03. The van der Waals surface area contributed by atoms with Gasteiger partial charge in [0, 0.05) is 11.8 Å². The summed E-state index contributed by atoms with van der Waals surface area (Å²) in [7, 11) is 0. The van der Waals surface area contributed by atoms with Crippen molar-refractivity contribution in [2.24, 2.45) is 0 Å². The maximum Gasteiger partial charge on any atom is 0.309 e. The SMILES string of the molecule is O=C(COC(=O)CCOc1ccccc1)Nc1cccc(Oc2ccccc2)c1. The van der Waals surface area contributed by atoms with Gasteiger partial charge in [-0.2, -0.15) is 0 Å². The summed E-state index contributed by atoms with van der Waals surface area (Å²) in [5.41, 5.74) is 0.548. The van der Waals surface area contributed by atoms with E-state index in [2.05, 4.69) is 5.32 Å². The lowest BCUT2D eigenvalue weighted by Gasteiger charge is -2.10. The van der Waals surface area contributed by atoms with Gasteiger partial charge >= 0.3 is 5.97 Å². The van der Waals surface area contributed by atoms with Crippen molar-refractivity contribution in [2.75, 3.05) is 18.5 Å². The van der Waals surface area contributed by atoms with Crippen LogP contribution in [-0.2, 0) is 14.3 Å². The first-order chi connectivity index (χ1) is 14.2. The monoisotopic (exact) mass is 391 g/mol. The molecule has 0 spiro atoms. The highest BCUT2D eigenvalue weighted by Crippen LogP contribution is 2.23. The number of nitrogens with one attached hydrogen (secondary N) is 1. The van der Waals surface area contributed by atoms with Crippen molar-refractivity contribution >= 4 is 17.6 Å². The normalized spacial score (nSPS) is 10.1. The zero-order valence-electron chi connectivity index (χ0n) is 15.7. The van der Waals surface area contributed by atoms with Crippen LogP contribution in [0.1, 0.15) is 6.42 Å². The van der Waals surface area contributed by atoms with E-state index in [1.54, 1.807) is 36.4 Å². The van der Waals surface area contributed by atoms with Crippen molar-refractivity contribution < 1.29 is 23.8 Å². The molecule has 0 fully saturated rings. The van der Waals surface area contributed by atoms with Crippen LogP contribution in [0.3, 0.4) is 0 Å². The topological polar surface area (TPSA) is 73.9 Å². The molecule has 0 radical (unpaired) electrons. The number of hydrogen-bond donors (Lipinski definition) is 1. The van der Waals surface area contributed by atoms with Crippen LogP contribution in [0.5, 0.6) is 17.2 Å². The summed E-state index contributed by atoms with van der Waals surface area (Å²) in [5, 5.41) is 2.68. The number of ether oxygens (including phenoxy) is 3. The fourth-order valence-electron chi connectivity index (χ4n) is 2.45. The van der Waals surface area contributed by atoms with Crippen molar-refractivity contribution in [3.63, 3.8) is 0 Å². The molecule has 1 N–H and O–H groups in total. The van der Waals surface area contributed by atoms with Gasteiger partial charge in [0.1, 0.15) is 17.2 Å². The summed E-state index contributed by atoms with van der Waals surface area (Å²) in [6.45, 7) is -0.183. The predicted octanol–water partition coefficient (Wildman–Crippen LogP) is 4.43. The van der Waals surface area contributed by atoms with Gasteiger partial charge in [0.15, 0.2) is 6.61 Å². The Morgan fingerprint density at radius 2 is 1.41 bits per heavy atom. The van der Waals surface area contributed by atoms with E-state index in [-0.39, 0.29) is 19.6 Å². The summed E-state index contributed by atoms with van der Waals surface area (Å²) in [6.07, 6.45) is 0.0581. The quantitative estimate of drug-likeness (QED) is 0.546. The molecule has 1 amide bonds. The van der Waals surface area contributed by atoms with Crippen LogP contribution < -0.4 is 14.8 Å². The number of benzene rings is 3. The van der Waals surface area contributed by atoms with Gasteiger partial charge in [-0.3, -0.25) is 9.59 Å². The van der Waals surface area contributed by atoms with Gasteiger partial charge < -0.3 is 19.5 Å². The van der Waals surface area contributed by atoms with Gasteiger partial charge in [-0.1, -0.05) is 42.5 Å². The number of anilines is 1. The summed E-state index contributed by atoms with van der Waals surface area (Å²) in [5.74, 6) is 1.03. The Morgan fingerprint density at radius 3 is 2.14 bits per heavy atom. The zero-order valence-corrected chi connectivity index (χ0v) is 15.7. The molecule has 3 aromatic rings. The lowest BCUT2D eigenvalue weighted by Crippen LogP contribution is -2.21. The molecular weight excluding hydrogens is 370 g/mol. The minimum atomic E-state index is -0.503. The molecule has 0 aromatic heterocycles. The largest absolute Gasteiger partial charge is 0.493 e. The molecule has 0 bridgehead atoms. The number of amides is 1. The molecule has 29 heavy (non-hydrogen) atoms. The van der Waals surface area contributed by atoms with E-state index >= 15 is 0 Å². The Balaban J connectivity index is 1.40. The number of carbonyl (C=O) groups excluding carboxylic acids is 2. The van der Waals surface area contributed by atoms with Crippen LogP contribution in [0, 0.1) is 0 Å². The van der Waals surface area contributed by atoms with E-state index in [1.165, 1.54) is 0 Å². The molecule has 3 aromatic carbocycles. The van der Waals surface area contributed by atoms with Crippen LogP contribution in [0.25, 0.3) is 0 Å². The highest BCUT2D eigenvalue weighted by molar-refractivity contribution is 5.92. The van der Waals surface area contributed by atoms with Crippen molar-refractivity contribution in [2.45, 2.75) is 6.42 Å². The maximum atomic E-state index is 12.0. The smallest absolute Gasteiger partial charge is 0.309 e. The lowest BCUT2D eigenvalue weighted by molar-refractivity contribution is -0.147. The first-order valence-corrected chi connectivity index (χ1v) is 9.15. The molecule has 0 unspecified atom stereocenters. The summed E-state index contributed by atoms with van der Waals surface area (Å²) in [6, 6.07) is 25.5. The highest BCUT2D eigenvalue weighted by Gasteiger charge is 2.09. The maximum absolute atomic E-state index is 12.0. The predicted molar refractivity (Wildman–Crippen MR) is 109 cm³/mol. The van der Waals surface area contributed by atoms with Crippen molar-refractivity contribution in [3.8, 4) is 17.2 Å². The third-order valence-electron chi connectivity index (χ3n) is 3.78. The van der Waals surface area contributed by atoms with Gasteiger partial charge in [0.05, 0.1) is 13.0 Å². The second-order valence-corrected chi connectivity index (χ2v) is 6.06. The average molecular weight is 391 g/mol. The Bertz CT molecular complexity index is 928. The van der Waals surface area contributed by atoms with Crippen LogP contribution in [0.15, 0.2) is 84.9 Å². The summed E-state index contributed by atoms with van der Waals surface area (Å²) in [4.78, 5) is 23.8. The average Bonchev–Trinajstić information content (AvgIpc) is 2.74. The highest BCUT2D eigenvalue weighted by atomic mass is 16.5. The van der Waals surface area contributed by atoms with Crippen LogP contribution in [0.4, 0.5) is 5.69 Å². The van der Waals surface area contributed by atoms with Gasteiger partial charge in [-0.15, -0.1) is 0 Å². The van der Waals surface area contributed by atoms with Crippen LogP contribution in [0.2, 0.25) is 0 Å². The minimum Gasteiger partial charge on any atom is -0.493 e. The standard InChI is InChI=1S/C23H21NO5/c25-22(17-28-23(26)14-15-27-19-9-3-1-4-10-19)24-18-8-7-13-21(16-18)29-20-11-5-2-6-12-20/h1-13,16H,14-15,17H2,(H,24,25). The van der Waals surface area contributed by atoms with E-state index in [9.17, 15) is 9.59 Å². The number of rotatable bonds is 9. The van der Waals surface area contributed by atoms with E-state index in [1.807, 2.05) is 48.5 Å². The van der Waals surface area contributed by atoms with Crippen molar-refractivity contribution in [1.82, 2.24) is 0 Å². The first-order valence-electron chi connectivity index (χ1n) is 9.15. The summed E-state index contributed by atoms with van der Waals surface area (Å²) < 4.78 is 16.1. The lowest BCUT2D eigenvalue weighted by atomic mass is 10.3. The number of carbonyl (C=O) groups is 2. The second-order valence-electron chi connectivity index (χ2n) is 6.06. The second kappa shape index (κ2) is 10.5. The van der Waals surface area contributed by atoms with E-state index < -0.39 is 11.9 Å². The fourth-order valence-corrected chi connectivity index (χ4v) is 2.45. The third-order valence-corrected chi connectivity index (χ3v) is 3.78. The van der Waals surface area contributed by atoms with Gasteiger partial charge in [0.25, 0.3) is 5.91 Å². The minimum absolute atomic E-state index is 0.0581. The molecule has 6 nitrogen and oxygen atoms in total. The molecule has 3 rings (SSSR count). The molecule has 0 saturated heterocycles. The first kappa shape index (κ1) is 19.9. The number of para-hydroxylation sites is 2. The van der Waals surface area contributed by atoms with Crippen molar-refractivity contribution in [3.05, 3.63) is 84.9 Å². The molecule has 0 heterocycles. The molecule has 0 aliphatic rings. The van der Waals surface area contributed by atoms with Gasteiger partial charge in [-0.05, 0) is 36.4 Å². The van der Waals surface area contributed by atoms with E-state index in [4.69, 9.17) is 14.2 Å². The fraction of sp³-hybridized carbons (Fsp3) is 0.130. The summed E-state index contributed by atoms with van der Waals surface area (Å²) >= 11 is 0.